The van der Waals surface area contributed by atoms with E-state index in [-0.39, 0.29) is 12.5 Å². The normalized spacial score (nSPS) is 24.5. The number of amides is 1. The first-order valence-electron chi connectivity index (χ1n) is 6.67. The molecular formula is C13H26N2O2. The van der Waals surface area contributed by atoms with Gasteiger partial charge >= 0.3 is 0 Å². The van der Waals surface area contributed by atoms with Gasteiger partial charge in [0, 0.05) is 26.2 Å². The average Bonchev–Trinajstić information content (AvgIpc) is 2.37. The highest BCUT2D eigenvalue weighted by Gasteiger charge is 2.35. The highest BCUT2D eigenvalue weighted by molar-refractivity contribution is 5.82. The minimum absolute atomic E-state index is 0.185. The van der Waals surface area contributed by atoms with Crippen LogP contribution in [0, 0.1) is 11.3 Å². The van der Waals surface area contributed by atoms with Crippen LogP contribution in [-0.4, -0.2) is 42.2 Å². The largest absolute Gasteiger partial charge is 0.396 e. The summed E-state index contributed by atoms with van der Waals surface area (Å²) in [5, 5.41) is 8.97. The Bertz CT molecular complexity index is 250. The molecule has 0 aromatic heterocycles. The number of rotatable bonds is 5. The molecule has 2 unspecified atom stereocenters. The summed E-state index contributed by atoms with van der Waals surface area (Å²) in [5.74, 6) is 0.640. The summed E-state index contributed by atoms with van der Waals surface area (Å²) in [6.45, 7) is 6.22. The van der Waals surface area contributed by atoms with Crippen molar-refractivity contribution < 1.29 is 9.90 Å². The van der Waals surface area contributed by atoms with Gasteiger partial charge in [-0.2, -0.15) is 0 Å². The molecule has 0 bridgehead atoms. The molecule has 1 aliphatic rings. The number of piperidine rings is 1. The maximum Gasteiger partial charge on any atom is 0.229 e. The Balaban J connectivity index is 2.62. The Kier molecular flexibility index (Phi) is 5.40. The Labute approximate surface area is 104 Å². The van der Waals surface area contributed by atoms with Crippen molar-refractivity contribution in [3.05, 3.63) is 0 Å². The third-order valence-electron chi connectivity index (χ3n) is 4.09. The van der Waals surface area contributed by atoms with Crippen molar-refractivity contribution in [2.75, 3.05) is 26.2 Å². The van der Waals surface area contributed by atoms with Crippen LogP contribution in [0.4, 0.5) is 0 Å². The minimum atomic E-state index is -0.416. The summed E-state index contributed by atoms with van der Waals surface area (Å²) in [4.78, 5) is 14.4. The zero-order chi connectivity index (χ0) is 12.9. The molecule has 0 spiro atoms. The lowest BCUT2D eigenvalue weighted by molar-refractivity contribution is -0.143. The van der Waals surface area contributed by atoms with Crippen LogP contribution >= 0.6 is 0 Å². The molecule has 4 nitrogen and oxygen atoms in total. The van der Waals surface area contributed by atoms with Crippen molar-refractivity contribution in [3.63, 3.8) is 0 Å². The summed E-state index contributed by atoms with van der Waals surface area (Å²) >= 11 is 0. The molecule has 0 aromatic rings. The summed E-state index contributed by atoms with van der Waals surface area (Å²) in [6.07, 6.45) is 3.75. The van der Waals surface area contributed by atoms with Gasteiger partial charge in [0.2, 0.25) is 5.91 Å². The van der Waals surface area contributed by atoms with E-state index >= 15 is 0 Å². The van der Waals surface area contributed by atoms with Crippen molar-refractivity contribution >= 4 is 5.91 Å². The Morgan fingerprint density at radius 1 is 1.59 bits per heavy atom. The Morgan fingerprint density at radius 2 is 2.29 bits per heavy atom. The fraction of sp³-hybridized carbons (Fsp3) is 0.923. The molecule has 1 amide bonds. The predicted octanol–water partition coefficient (Wildman–Crippen LogP) is 0.982. The van der Waals surface area contributed by atoms with E-state index in [9.17, 15) is 4.79 Å². The van der Waals surface area contributed by atoms with Gasteiger partial charge in [-0.1, -0.05) is 6.92 Å². The van der Waals surface area contributed by atoms with Gasteiger partial charge in [0.1, 0.15) is 0 Å². The predicted molar refractivity (Wildman–Crippen MR) is 68.5 cm³/mol. The highest BCUT2D eigenvalue weighted by atomic mass is 16.3. The third-order valence-corrected chi connectivity index (χ3v) is 4.09. The van der Waals surface area contributed by atoms with Crippen LogP contribution in [0.25, 0.3) is 0 Å². The van der Waals surface area contributed by atoms with E-state index < -0.39 is 5.41 Å². The molecule has 0 aliphatic carbocycles. The van der Waals surface area contributed by atoms with Crippen LogP contribution in [-0.2, 0) is 4.79 Å². The van der Waals surface area contributed by atoms with E-state index in [0.717, 1.165) is 38.8 Å². The number of likely N-dealkylation sites (tertiary alicyclic amines) is 1. The van der Waals surface area contributed by atoms with Crippen molar-refractivity contribution in [2.45, 2.75) is 39.5 Å². The zero-order valence-electron chi connectivity index (χ0n) is 11.1. The summed E-state index contributed by atoms with van der Waals surface area (Å²) < 4.78 is 0. The maximum absolute atomic E-state index is 12.4. The van der Waals surface area contributed by atoms with Crippen LogP contribution < -0.4 is 5.73 Å². The number of aliphatic hydroxyl groups is 1. The van der Waals surface area contributed by atoms with Crippen LogP contribution in [0.1, 0.15) is 39.5 Å². The molecule has 100 valence electrons. The van der Waals surface area contributed by atoms with Crippen LogP contribution in [0.15, 0.2) is 0 Å². The molecule has 1 aliphatic heterocycles. The SMILES string of the molecule is CCC(C)(CN)C(=O)N1CCCC(CCO)C1. The molecule has 1 rings (SSSR count). The number of nitrogens with two attached hydrogens (primary N) is 1. The fourth-order valence-corrected chi connectivity index (χ4v) is 2.43. The van der Waals surface area contributed by atoms with Gasteiger partial charge < -0.3 is 15.7 Å². The second-order valence-corrected chi connectivity index (χ2v) is 5.39. The molecule has 3 N–H and O–H groups in total. The maximum atomic E-state index is 12.4. The third kappa shape index (κ3) is 3.42. The van der Waals surface area contributed by atoms with Gasteiger partial charge in [-0.25, -0.2) is 0 Å². The summed E-state index contributed by atoms with van der Waals surface area (Å²) in [5.41, 5.74) is 5.32. The smallest absolute Gasteiger partial charge is 0.229 e. The van der Waals surface area contributed by atoms with Gasteiger partial charge in [0.15, 0.2) is 0 Å². The van der Waals surface area contributed by atoms with E-state index in [0.29, 0.717) is 12.5 Å². The van der Waals surface area contributed by atoms with Gasteiger partial charge in [-0.05, 0) is 38.5 Å². The van der Waals surface area contributed by atoms with Crippen molar-refractivity contribution in [1.82, 2.24) is 4.90 Å². The molecular weight excluding hydrogens is 216 g/mol. The number of carbonyl (C=O) groups is 1. The van der Waals surface area contributed by atoms with Crippen LogP contribution in [0.5, 0.6) is 0 Å². The van der Waals surface area contributed by atoms with Gasteiger partial charge in [-0.15, -0.1) is 0 Å². The number of hydrogen-bond acceptors (Lipinski definition) is 3. The van der Waals surface area contributed by atoms with E-state index in [1.165, 1.54) is 0 Å². The molecule has 4 heteroatoms. The first-order valence-corrected chi connectivity index (χ1v) is 6.67. The highest BCUT2D eigenvalue weighted by Crippen LogP contribution is 2.27. The molecule has 1 saturated heterocycles. The average molecular weight is 242 g/mol. The summed E-state index contributed by atoms with van der Waals surface area (Å²) in [6, 6.07) is 0. The number of nitrogens with zero attached hydrogens (tertiary/aromatic N) is 1. The number of aliphatic hydroxyl groups excluding tert-OH is 1. The lowest BCUT2D eigenvalue weighted by Gasteiger charge is -2.38. The van der Waals surface area contributed by atoms with Crippen molar-refractivity contribution in [3.8, 4) is 0 Å². The topological polar surface area (TPSA) is 66.6 Å². The molecule has 2 atom stereocenters. The van der Waals surface area contributed by atoms with Gasteiger partial charge in [0.05, 0.1) is 5.41 Å². The van der Waals surface area contributed by atoms with Crippen LogP contribution in [0.2, 0.25) is 0 Å². The van der Waals surface area contributed by atoms with Gasteiger partial charge in [-0.3, -0.25) is 4.79 Å². The monoisotopic (exact) mass is 242 g/mol. The molecule has 0 aromatic carbocycles. The van der Waals surface area contributed by atoms with E-state index in [1.807, 2.05) is 18.7 Å². The van der Waals surface area contributed by atoms with Crippen LogP contribution in [0.3, 0.4) is 0 Å². The quantitative estimate of drug-likeness (QED) is 0.755. The van der Waals surface area contributed by atoms with E-state index in [2.05, 4.69) is 0 Å². The van der Waals surface area contributed by atoms with Gasteiger partial charge in [0.25, 0.3) is 0 Å². The summed E-state index contributed by atoms with van der Waals surface area (Å²) in [7, 11) is 0. The molecule has 17 heavy (non-hydrogen) atoms. The number of carbonyl (C=O) groups excluding carboxylic acids is 1. The lowest BCUT2D eigenvalue weighted by Crippen LogP contribution is -2.49. The first kappa shape index (κ1) is 14.5. The second kappa shape index (κ2) is 6.36. The second-order valence-electron chi connectivity index (χ2n) is 5.39. The lowest BCUT2D eigenvalue weighted by atomic mass is 9.84. The standard InChI is InChI=1S/C13H26N2O2/c1-3-13(2,10-14)12(17)15-7-4-5-11(9-15)6-8-16/h11,16H,3-10,14H2,1-2H3. The fourth-order valence-electron chi connectivity index (χ4n) is 2.43. The Morgan fingerprint density at radius 3 is 2.82 bits per heavy atom. The van der Waals surface area contributed by atoms with Crippen molar-refractivity contribution in [2.24, 2.45) is 17.1 Å². The Hall–Kier alpha value is -0.610. The molecule has 1 heterocycles. The minimum Gasteiger partial charge on any atom is -0.396 e. The van der Waals surface area contributed by atoms with E-state index in [4.69, 9.17) is 10.8 Å². The molecule has 0 radical (unpaired) electrons. The van der Waals surface area contributed by atoms with E-state index in [1.54, 1.807) is 0 Å². The molecule has 0 saturated carbocycles. The first-order chi connectivity index (χ1) is 8.07. The number of hydrogen-bond donors (Lipinski definition) is 2. The molecule has 1 fully saturated rings. The zero-order valence-corrected chi connectivity index (χ0v) is 11.1. The van der Waals surface area contributed by atoms with Crippen molar-refractivity contribution in [1.29, 1.82) is 0 Å².